The van der Waals surface area contributed by atoms with Crippen molar-refractivity contribution >= 4 is 0 Å². The molecule has 1 rings (SSSR count). The molecule has 2 heteroatoms. The van der Waals surface area contributed by atoms with Crippen LogP contribution < -0.4 is 5.47 Å². The fraction of sp³-hybridized carbons (Fsp3) is 0.600. The Morgan fingerprint density at radius 3 is 3.86 bits per heavy atom. The van der Waals surface area contributed by atoms with Crippen LogP contribution in [0.15, 0.2) is 12.3 Å². The first kappa shape index (κ1) is 3.50. The van der Waals surface area contributed by atoms with E-state index in [-0.39, 0.29) is 0 Å². The first-order chi connectivity index (χ1) is 3.89. The molecule has 7 heavy (non-hydrogen) atoms. The maximum atomic E-state index is 6.97. The summed E-state index contributed by atoms with van der Waals surface area (Å²) in [7, 11) is 0. The molecule has 1 aliphatic rings. The van der Waals surface area contributed by atoms with Crippen LogP contribution in [0.3, 0.4) is 0 Å². The molecule has 1 heterocycles. The Hall–Kier alpha value is -0.500. The molecule has 2 nitrogen and oxygen atoms in total. The van der Waals surface area contributed by atoms with Crippen molar-refractivity contribution in [3.8, 4) is 0 Å². The molecule has 0 aliphatic carbocycles. The summed E-state index contributed by atoms with van der Waals surface area (Å²) in [6.07, 6.45) is 5.52. The zero-order valence-electron chi connectivity index (χ0n) is 5.13. The van der Waals surface area contributed by atoms with E-state index in [1.807, 2.05) is 6.08 Å². The van der Waals surface area contributed by atoms with E-state index in [0.717, 1.165) is 18.3 Å². The van der Waals surface area contributed by atoms with Gasteiger partial charge in [0.2, 0.25) is 0 Å². The molecule has 0 amide bonds. The molecule has 0 fully saturated rings. The van der Waals surface area contributed by atoms with Crippen LogP contribution in [0.5, 0.6) is 0 Å². The Labute approximate surface area is 44.6 Å². The fourth-order valence-corrected chi connectivity index (χ4v) is 0.481. The molecule has 0 aromatic heterocycles. The van der Waals surface area contributed by atoms with Gasteiger partial charge in [0.15, 0.2) is 1.41 Å². The minimum absolute atomic E-state index is 0.701. The van der Waals surface area contributed by atoms with Crippen LogP contribution in [-0.2, 0) is 4.84 Å². The standard InChI is InChI=1S/C5H9NO/c1-2-4-6-7-5-3-1/h3,5-6H,1-2,4H2/i/hD. The molecular weight excluding hydrogens is 90.1 g/mol. The summed E-state index contributed by atoms with van der Waals surface area (Å²) in [6, 6.07) is 0. The number of hydroxylamine groups is 1. The Morgan fingerprint density at radius 1 is 1.86 bits per heavy atom. The van der Waals surface area contributed by atoms with Gasteiger partial charge in [0.1, 0.15) is 6.26 Å². The minimum atomic E-state index is 0.701. The predicted octanol–water partition coefficient (Wildman–Crippen LogP) is 0.815. The second-order valence-electron chi connectivity index (χ2n) is 1.47. The molecule has 1 aliphatic heterocycles. The SMILES string of the molecule is [2H]N1CCCC=CO1. The normalized spacial score (nSPS) is 25.4. The molecule has 40 valence electrons. The molecule has 0 saturated heterocycles. The lowest BCUT2D eigenvalue weighted by atomic mass is 10.3. The minimum Gasteiger partial charge on any atom is -0.417 e. The maximum Gasteiger partial charge on any atom is 0.168 e. The summed E-state index contributed by atoms with van der Waals surface area (Å²) in [6.45, 7) is 0.701. The first-order valence-corrected chi connectivity index (χ1v) is 2.48. The lowest BCUT2D eigenvalue weighted by Crippen LogP contribution is -2.09. The van der Waals surface area contributed by atoms with Crippen LogP contribution in [-0.4, -0.2) is 6.54 Å². The van der Waals surface area contributed by atoms with Crippen molar-refractivity contribution in [1.82, 2.24) is 5.47 Å². The maximum absolute atomic E-state index is 6.97. The van der Waals surface area contributed by atoms with Crippen molar-refractivity contribution in [2.24, 2.45) is 0 Å². The number of hydrogen-bond acceptors (Lipinski definition) is 2. The Bertz CT molecular complexity index is 94.4. The highest BCUT2D eigenvalue weighted by atomic mass is 16.6. The van der Waals surface area contributed by atoms with Crippen LogP contribution in [0, 0.1) is 0 Å². The van der Waals surface area contributed by atoms with E-state index in [1.165, 1.54) is 0 Å². The van der Waals surface area contributed by atoms with Crippen molar-refractivity contribution in [2.45, 2.75) is 12.8 Å². The predicted molar refractivity (Wildman–Crippen MR) is 27.5 cm³/mol. The molecule has 0 aromatic rings. The Morgan fingerprint density at radius 2 is 2.86 bits per heavy atom. The molecule has 0 spiro atoms. The monoisotopic (exact) mass is 100 g/mol. The number of rotatable bonds is 0. The molecule has 0 radical (unpaired) electrons. The van der Waals surface area contributed by atoms with Gasteiger partial charge in [-0.1, -0.05) is 0 Å². The smallest absolute Gasteiger partial charge is 0.168 e. The van der Waals surface area contributed by atoms with E-state index in [0.29, 0.717) is 6.54 Å². The van der Waals surface area contributed by atoms with E-state index < -0.39 is 0 Å². The van der Waals surface area contributed by atoms with Crippen molar-refractivity contribution in [3.05, 3.63) is 12.3 Å². The third-order valence-electron chi connectivity index (χ3n) is 0.852. The van der Waals surface area contributed by atoms with Gasteiger partial charge in [0.25, 0.3) is 0 Å². The molecule has 0 aromatic carbocycles. The number of hydrogen-bond donors (Lipinski definition) is 1. The number of nitrogens with one attached hydrogen (secondary N) is 1. The summed E-state index contributed by atoms with van der Waals surface area (Å²) in [5.41, 5.74) is 1.09. The van der Waals surface area contributed by atoms with Gasteiger partial charge in [-0.2, -0.15) is 5.47 Å². The van der Waals surface area contributed by atoms with Gasteiger partial charge in [-0.25, -0.2) is 0 Å². The van der Waals surface area contributed by atoms with E-state index in [4.69, 9.17) is 6.25 Å². The summed E-state index contributed by atoms with van der Waals surface area (Å²) in [5.74, 6) is 0. The van der Waals surface area contributed by atoms with Gasteiger partial charge in [0.05, 0.1) is 0 Å². The summed E-state index contributed by atoms with van der Waals surface area (Å²) >= 11 is 0. The highest BCUT2D eigenvalue weighted by molar-refractivity contribution is 4.74. The molecule has 1 N–H and O–H groups in total. The van der Waals surface area contributed by atoms with Crippen LogP contribution in [0.25, 0.3) is 0 Å². The highest BCUT2D eigenvalue weighted by Gasteiger charge is 1.87. The molecular formula is C5H9NO. The molecule has 0 unspecified atom stereocenters. The first-order valence-electron chi connectivity index (χ1n) is 2.92. The summed E-state index contributed by atoms with van der Waals surface area (Å²) < 4.78 is 6.97. The Balaban J connectivity index is 2.30. The van der Waals surface area contributed by atoms with Crippen molar-refractivity contribution in [2.75, 3.05) is 6.54 Å². The highest BCUT2D eigenvalue weighted by Crippen LogP contribution is 1.92. The Kier molecular flexibility index (Phi) is 1.32. The quantitative estimate of drug-likeness (QED) is 0.486. The third-order valence-corrected chi connectivity index (χ3v) is 0.852. The zero-order valence-corrected chi connectivity index (χ0v) is 4.13. The zero-order chi connectivity index (χ0) is 5.82. The van der Waals surface area contributed by atoms with Crippen molar-refractivity contribution < 1.29 is 6.25 Å². The summed E-state index contributed by atoms with van der Waals surface area (Å²) in [4.78, 5) is 4.72. The van der Waals surface area contributed by atoms with Gasteiger partial charge in [-0.3, -0.25) is 0 Å². The van der Waals surface area contributed by atoms with Gasteiger partial charge in [0, 0.05) is 6.54 Å². The average molecular weight is 100 g/mol. The fourth-order valence-electron chi connectivity index (χ4n) is 0.481. The van der Waals surface area contributed by atoms with Crippen LogP contribution in [0.2, 0.25) is 1.41 Å². The third kappa shape index (κ3) is 1.59. The lowest BCUT2D eigenvalue weighted by Gasteiger charge is -1.93. The van der Waals surface area contributed by atoms with E-state index in [9.17, 15) is 0 Å². The van der Waals surface area contributed by atoms with Crippen molar-refractivity contribution in [1.29, 1.82) is 0 Å². The van der Waals surface area contributed by atoms with Crippen LogP contribution in [0.4, 0.5) is 0 Å². The average Bonchev–Trinajstić information content (AvgIpc) is 1.94. The van der Waals surface area contributed by atoms with Gasteiger partial charge < -0.3 is 4.84 Å². The van der Waals surface area contributed by atoms with E-state index >= 15 is 0 Å². The second-order valence-corrected chi connectivity index (χ2v) is 1.47. The molecule has 0 saturated carbocycles. The van der Waals surface area contributed by atoms with E-state index in [1.54, 1.807) is 6.26 Å². The molecule has 0 atom stereocenters. The second kappa shape index (κ2) is 2.64. The van der Waals surface area contributed by atoms with Crippen molar-refractivity contribution in [3.63, 3.8) is 0 Å². The molecule has 0 bridgehead atoms. The van der Waals surface area contributed by atoms with Gasteiger partial charge >= 0.3 is 0 Å². The van der Waals surface area contributed by atoms with E-state index in [2.05, 4.69) is 0 Å². The summed E-state index contributed by atoms with van der Waals surface area (Å²) in [5, 5.41) is 0. The van der Waals surface area contributed by atoms with Crippen LogP contribution >= 0.6 is 0 Å². The van der Waals surface area contributed by atoms with Crippen LogP contribution in [0.1, 0.15) is 12.8 Å². The van der Waals surface area contributed by atoms with Gasteiger partial charge in [-0.05, 0) is 18.9 Å². The van der Waals surface area contributed by atoms with Gasteiger partial charge in [-0.15, -0.1) is 0 Å². The largest absolute Gasteiger partial charge is 0.417 e. The lowest BCUT2D eigenvalue weighted by molar-refractivity contribution is 0.140. The number of allylic oxidation sites excluding steroid dienone is 1. The topological polar surface area (TPSA) is 21.3 Å².